The molecule has 0 unspecified atom stereocenters. The molecule has 102 valence electrons. The number of carbonyl (C=O) groups is 2. The largest absolute Gasteiger partial charge is 0.453 e. The van der Waals surface area contributed by atoms with E-state index in [1.165, 1.54) is 12.7 Å². The standard InChI is InChI=1S/C14H18N2O3/c1-10-3-5-12(6-4-10)16-9-11(7-13(16)17)8-15-14(18)19-2/h3-6,11H,7-9H2,1-2H3,(H,15,18)/t11-/m0/s1. The summed E-state index contributed by atoms with van der Waals surface area (Å²) >= 11 is 0. The van der Waals surface area contributed by atoms with Crippen molar-refractivity contribution >= 4 is 17.7 Å². The van der Waals surface area contributed by atoms with Gasteiger partial charge in [0.15, 0.2) is 0 Å². The van der Waals surface area contributed by atoms with Crippen LogP contribution >= 0.6 is 0 Å². The summed E-state index contributed by atoms with van der Waals surface area (Å²) in [6.45, 7) is 3.10. The fraction of sp³-hybridized carbons (Fsp3) is 0.429. The summed E-state index contributed by atoms with van der Waals surface area (Å²) < 4.78 is 4.51. The number of alkyl carbamates (subject to hydrolysis) is 1. The Kier molecular flexibility index (Phi) is 4.04. The molecule has 0 spiro atoms. The topological polar surface area (TPSA) is 58.6 Å². The van der Waals surface area contributed by atoms with Crippen molar-refractivity contribution in [1.82, 2.24) is 5.32 Å². The second-order valence-corrected chi connectivity index (χ2v) is 4.78. The van der Waals surface area contributed by atoms with Crippen LogP contribution in [0.25, 0.3) is 0 Å². The lowest BCUT2D eigenvalue weighted by molar-refractivity contribution is -0.117. The van der Waals surface area contributed by atoms with E-state index in [9.17, 15) is 9.59 Å². The van der Waals surface area contributed by atoms with Gasteiger partial charge in [-0.05, 0) is 19.1 Å². The lowest BCUT2D eigenvalue weighted by Gasteiger charge is -2.17. The van der Waals surface area contributed by atoms with Gasteiger partial charge in [0.1, 0.15) is 0 Å². The predicted molar refractivity (Wildman–Crippen MR) is 72.0 cm³/mol. The predicted octanol–water partition coefficient (Wildman–Crippen LogP) is 1.70. The van der Waals surface area contributed by atoms with Gasteiger partial charge in [-0.3, -0.25) is 4.79 Å². The molecule has 0 radical (unpaired) electrons. The molecule has 1 aliphatic rings. The van der Waals surface area contributed by atoms with Crippen LogP contribution < -0.4 is 10.2 Å². The zero-order valence-corrected chi connectivity index (χ0v) is 11.2. The molecule has 1 N–H and O–H groups in total. The number of rotatable bonds is 3. The van der Waals surface area contributed by atoms with Crippen LogP contribution in [0.15, 0.2) is 24.3 Å². The highest BCUT2D eigenvalue weighted by atomic mass is 16.5. The number of nitrogens with one attached hydrogen (secondary N) is 1. The van der Waals surface area contributed by atoms with E-state index in [-0.39, 0.29) is 11.8 Å². The fourth-order valence-corrected chi connectivity index (χ4v) is 2.19. The second kappa shape index (κ2) is 5.73. The summed E-state index contributed by atoms with van der Waals surface area (Å²) in [7, 11) is 1.33. The number of carbonyl (C=O) groups excluding carboxylic acids is 2. The zero-order chi connectivity index (χ0) is 13.8. The van der Waals surface area contributed by atoms with Crippen molar-refractivity contribution in [2.75, 3.05) is 25.1 Å². The number of hydrogen-bond donors (Lipinski definition) is 1. The van der Waals surface area contributed by atoms with E-state index in [1.54, 1.807) is 4.90 Å². The highest BCUT2D eigenvalue weighted by Gasteiger charge is 2.30. The van der Waals surface area contributed by atoms with Crippen LogP contribution in [0.1, 0.15) is 12.0 Å². The normalized spacial score (nSPS) is 18.5. The first-order valence-corrected chi connectivity index (χ1v) is 6.29. The molecular weight excluding hydrogens is 244 g/mol. The number of benzene rings is 1. The van der Waals surface area contributed by atoms with E-state index in [4.69, 9.17) is 0 Å². The van der Waals surface area contributed by atoms with E-state index >= 15 is 0 Å². The monoisotopic (exact) mass is 262 g/mol. The van der Waals surface area contributed by atoms with Gasteiger partial charge in [0.05, 0.1) is 7.11 Å². The van der Waals surface area contributed by atoms with Gasteiger partial charge < -0.3 is 15.0 Å². The minimum atomic E-state index is -0.457. The Hall–Kier alpha value is -2.04. The molecule has 0 aliphatic carbocycles. The first kappa shape index (κ1) is 13.4. The SMILES string of the molecule is COC(=O)NC[C@@H]1CC(=O)N(c2ccc(C)cc2)C1. The molecule has 1 aromatic carbocycles. The zero-order valence-electron chi connectivity index (χ0n) is 11.2. The van der Waals surface area contributed by atoms with E-state index in [0.29, 0.717) is 19.5 Å². The van der Waals surface area contributed by atoms with Gasteiger partial charge in [-0.15, -0.1) is 0 Å². The second-order valence-electron chi connectivity index (χ2n) is 4.78. The molecule has 0 saturated carbocycles. The molecule has 1 heterocycles. The first-order chi connectivity index (χ1) is 9.10. The van der Waals surface area contributed by atoms with Crippen LogP contribution in [0.2, 0.25) is 0 Å². The maximum Gasteiger partial charge on any atom is 0.406 e. The van der Waals surface area contributed by atoms with Crippen molar-refractivity contribution < 1.29 is 14.3 Å². The minimum Gasteiger partial charge on any atom is -0.453 e. The Morgan fingerprint density at radius 2 is 2.11 bits per heavy atom. The summed E-state index contributed by atoms with van der Waals surface area (Å²) in [4.78, 5) is 24.7. The lowest BCUT2D eigenvalue weighted by atomic mass is 10.1. The van der Waals surface area contributed by atoms with Crippen LogP contribution in [0, 0.1) is 12.8 Å². The molecule has 5 nitrogen and oxygen atoms in total. The van der Waals surface area contributed by atoms with Gasteiger partial charge in [0.2, 0.25) is 5.91 Å². The van der Waals surface area contributed by atoms with Crippen molar-refractivity contribution in [3.63, 3.8) is 0 Å². The Labute approximate surface area is 112 Å². The van der Waals surface area contributed by atoms with Crippen molar-refractivity contribution in [3.8, 4) is 0 Å². The molecule has 1 atom stereocenters. The third kappa shape index (κ3) is 3.24. The van der Waals surface area contributed by atoms with Crippen LogP contribution in [0.3, 0.4) is 0 Å². The smallest absolute Gasteiger partial charge is 0.406 e. The average molecular weight is 262 g/mol. The van der Waals surface area contributed by atoms with Crippen molar-refractivity contribution in [2.24, 2.45) is 5.92 Å². The molecule has 1 aromatic rings. The number of aryl methyl sites for hydroxylation is 1. The molecule has 2 amide bonds. The molecule has 2 rings (SSSR count). The Morgan fingerprint density at radius 1 is 1.42 bits per heavy atom. The van der Waals surface area contributed by atoms with Crippen LogP contribution in [-0.2, 0) is 9.53 Å². The Balaban J connectivity index is 1.96. The van der Waals surface area contributed by atoms with Gasteiger partial charge in [0, 0.05) is 31.1 Å². The minimum absolute atomic E-state index is 0.0977. The quantitative estimate of drug-likeness (QED) is 0.902. The molecule has 1 fully saturated rings. The van der Waals surface area contributed by atoms with Crippen molar-refractivity contribution in [2.45, 2.75) is 13.3 Å². The van der Waals surface area contributed by atoms with Gasteiger partial charge in [0.25, 0.3) is 0 Å². The van der Waals surface area contributed by atoms with Crippen LogP contribution in [-0.4, -0.2) is 32.2 Å². The molecule has 1 aliphatic heterocycles. The van der Waals surface area contributed by atoms with Crippen molar-refractivity contribution in [1.29, 1.82) is 0 Å². The summed E-state index contributed by atoms with van der Waals surface area (Å²) in [5.41, 5.74) is 2.08. The Morgan fingerprint density at radius 3 is 2.74 bits per heavy atom. The Bertz CT molecular complexity index is 470. The molecule has 5 heteroatoms. The number of nitrogens with zero attached hydrogens (tertiary/aromatic N) is 1. The first-order valence-electron chi connectivity index (χ1n) is 6.29. The number of ether oxygens (including phenoxy) is 1. The molecule has 0 bridgehead atoms. The maximum atomic E-state index is 12.0. The third-order valence-electron chi connectivity index (χ3n) is 3.27. The highest BCUT2D eigenvalue weighted by molar-refractivity contribution is 5.95. The van der Waals surface area contributed by atoms with E-state index in [1.807, 2.05) is 31.2 Å². The summed E-state index contributed by atoms with van der Waals surface area (Å²) in [6, 6.07) is 7.87. The maximum absolute atomic E-state index is 12.0. The number of anilines is 1. The van der Waals surface area contributed by atoms with Gasteiger partial charge in [-0.25, -0.2) is 4.79 Å². The van der Waals surface area contributed by atoms with Gasteiger partial charge in [-0.1, -0.05) is 17.7 Å². The number of hydrogen-bond acceptors (Lipinski definition) is 3. The molecule has 0 aromatic heterocycles. The van der Waals surface area contributed by atoms with E-state index < -0.39 is 6.09 Å². The van der Waals surface area contributed by atoms with E-state index in [0.717, 1.165) is 5.69 Å². The fourth-order valence-electron chi connectivity index (χ4n) is 2.19. The average Bonchev–Trinajstić information content (AvgIpc) is 2.78. The van der Waals surface area contributed by atoms with Gasteiger partial charge >= 0.3 is 6.09 Å². The molecule has 1 saturated heterocycles. The third-order valence-corrected chi connectivity index (χ3v) is 3.27. The van der Waals surface area contributed by atoms with E-state index in [2.05, 4.69) is 10.1 Å². The summed E-state index contributed by atoms with van der Waals surface area (Å²) in [5, 5.41) is 2.64. The highest BCUT2D eigenvalue weighted by Crippen LogP contribution is 2.24. The van der Waals surface area contributed by atoms with Gasteiger partial charge in [-0.2, -0.15) is 0 Å². The molecule has 19 heavy (non-hydrogen) atoms. The lowest BCUT2D eigenvalue weighted by Crippen LogP contribution is -2.31. The van der Waals surface area contributed by atoms with Crippen LogP contribution in [0.4, 0.5) is 10.5 Å². The number of amides is 2. The summed E-state index contributed by atoms with van der Waals surface area (Å²) in [5.74, 6) is 0.230. The summed E-state index contributed by atoms with van der Waals surface area (Å²) in [6.07, 6.45) is -0.000969. The molecular formula is C14H18N2O3. The van der Waals surface area contributed by atoms with Crippen molar-refractivity contribution in [3.05, 3.63) is 29.8 Å². The number of methoxy groups -OCH3 is 1. The van der Waals surface area contributed by atoms with Crippen LogP contribution in [0.5, 0.6) is 0 Å².